The molecule has 9 heteroatoms. The van der Waals surface area contributed by atoms with Gasteiger partial charge in [-0.1, -0.05) is 24.3 Å². The molecule has 0 aliphatic carbocycles. The van der Waals surface area contributed by atoms with Crippen LogP contribution in [0.25, 0.3) is 22.4 Å². The van der Waals surface area contributed by atoms with E-state index in [0.29, 0.717) is 28.1 Å². The molecule has 31 heavy (non-hydrogen) atoms. The maximum absolute atomic E-state index is 12.5. The average molecular weight is 436 g/mol. The first-order chi connectivity index (χ1) is 14.8. The minimum absolute atomic E-state index is 0.122. The highest BCUT2D eigenvalue weighted by Gasteiger charge is 2.19. The third kappa shape index (κ3) is 3.87. The second kappa shape index (κ2) is 7.84. The second-order valence-corrected chi connectivity index (χ2v) is 9.75. The van der Waals surface area contributed by atoms with E-state index < -0.39 is 21.0 Å². The molecule has 2 aromatic heterocycles. The van der Waals surface area contributed by atoms with Gasteiger partial charge in [0.25, 0.3) is 5.91 Å². The van der Waals surface area contributed by atoms with E-state index in [4.69, 9.17) is 0 Å². The van der Waals surface area contributed by atoms with Gasteiger partial charge in [0.1, 0.15) is 11.3 Å². The van der Waals surface area contributed by atoms with Crippen molar-refractivity contribution in [2.75, 3.05) is 5.32 Å². The number of nitrogens with zero attached hydrogens (tertiary/aromatic N) is 2. The predicted molar refractivity (Wildman–Crippen MR) is 118 cm³/mol. The molecule has 0 saturated carbocycles. The first-order valence-electron chi connectivity index (χ1n) is 9.55. The van der Waals surface area contributed by atoms with E-state index >= 15 is 0 Å². The molecule has 0 aliphatic rings. The number of amides is 1. The molecule has 3 N–H and O–H groups in total. The Hall–Kier alpha value is -3.72. The van der Waals surface area contributed by atoms with Crippen LogP contribution >= 0.6 is 0 Å². The van der Waals surface area contributed by atoms with E-state index in [9.17, 15) is 18.3 Å². The van der Waals surface area contributed by atoms with Crippen molar-refractivity contribution in [2.24, 2.45) is 0 Å². The number of hydrogen-bond donors (Lipinski definition) is 3. The summed E-state index contributed by atoms with van der Waals surface area (Å²) in [6.45, 7) is 3.28. The summed E-state index contributed by atoms with van der Waals surface area (Å²) in [7, 11) is -3.36. The van der Waals surface area contributed by atoms with Crippen LogP contribution < -0.4 is 5.32 Å². The van der Waals surface area contributed by atoms with Crippen LogP contribution in [0.1, 0.15) is 24.2 Å². The van der Waals surface area contributed by atoms with Crippen molar-refractivity contribution in [2.45, 2.75) is 24.0 Å². The van der Waals surface area contributed by atoms with Gasteiger partial charge in [0, 0.05) is 11.8 Å². The van der Waals surface area contributed by atoms with Crippen LogP contribution in [0.5, 0.6) is 5.75 Å². The monoisotopic (exact) mass is 436 g/mol. The Kier molecular flexibility index (Phi) is 5.20. The van der Waals surface area contributed by atoms with E-state index in [-0.39, 0.29) is 16.2 Å². The van der Waals surface area contributed by atoms with Gasteiger partial charge < -0.3 is 15.4 Å². The van der Waals surface area contributed by atoms with Crippen molar-refractivity contribution in [1.82, 2.24) is 15.0 Å². The molecule has 158 valence electrons. The van der Waals surface area contributed by atoms with Gasteiger partial charge in [-0.3, -0.25) is 4.79 Å². The number of carbonyl (C=O) groups excluding carboxylic acids is 1. The SMILES string of the molecule is CC(C)S(=O)(=O)c1ccc(-c2cnc3[nH]cc(NC(=O)c4ccccc4O)c3n2)cc1. The van der Waals surface area contributed by atoms with Gasteiger partial charge in [-0.2, -0.15) is 0 Å². The van der Waals surface area contributed by atoms with Gasteiger partial charge in [0.2, 0.25) is 0 Å². The summed E-state index contributed by atoms with van der Waals surface area (Å²) in [5, 5.41) is 12.1. The topological polar surface area (TPSA) is 125 Å². The molecule has 0 spiro atoms. The fraction of sp³-hybridized carbons (Fsp3) is 0.136. The number of fused-ring (bicyclic) bond motifs is 1. The summed E-state index contributed by atoms with van der Waals surface area (Å²) in [6.07, 6.45) is 3.14. The van der Waals surface area contributed by atoms with Crippen molar-refractivity contribution in [3.05, 3.63) is 66.5 Å². The number of hydrogen-bond acceptors (Lipinski definition) is 6. The summed E-state index contributed by atoms with van der Waals surface area (Å²) in [6, 6.07) is 12.7. The van der Waals surface area contributed by atoms with Crippen LogP contribution in [0.15, 0.2) is 65.8 Å². The number of aromatic hydroxyl groups is 1. The zero-order valence-corrected chi connectivity index (χ0v) is 17.6. The van der Waals surface area contributed by atoms with Crippen molar-refractivity contribution in [1.29, 1.82) is 0 Å². The van der Waals surface area contributed by atoms with E-state index in [1.54, 1.807) is 62.6 Å². The fourth-order valence-electron chi connectivity index (χ4n) is 3.07. The molecule has 4 rings (SSSR count). The number of phenolic OH excluding ortho intramolecular Hbond substituents is 1. The molecule has 0 atom stereocenters. The molecular formula is C22H20N4O4S. The number of phenols is 1. The minimum atomic E-state index is -3.36. The summed E-state index contributed by atoms with van der Waals surface area (Å²) in [5.74, 6) is -0.600. The largest absolute Gasteiger partial charge is 0.507 e. The van der Waals surface area contributed by atoms with Crippen molar-refractivity contribution in [3.8, 4) is 17.0 Å². The summed E-state index contributed by atoms with van der Waals surface area (Å²) in [4.78, 5) is 24.6. The highest BCUT2D eigenvalue weighted by molar-refractivity contribution is 7.92. The van der Waals surface area contributed by atoms with Crippen molar-refractivity contribution >= 4 is 32.6 Å². The summed E-state index contributed by atoms with van der Waals surface area (Å²) >= 11 is 0. The zero-order valence-electron chi connectivity index (χ0n) is 16.8. The van der Waals surface area contributed by atoms with Crippen LogP contribution in [0.4, 0.5) is 5.69 Å². The van der Waals surface area contributed by atoms with Crippen LogP contribution in [0, 0.1) is 0 Å². The average Bonchev–Trinajstić information content (AvgIpc) is 3.16. The standard InChI is InChI=1S/C22H20N4O4S/c1-13(2)31(29,30)15-9-7-14(8-10-15)17-11-23-21-20(25-17)18(12-24-21)26-22(28)16-5-3-4-6-19(16)27/h3-13,27H,1-2H3,(H,23,24)(H,26,28). The number of nitrogens with one attached hydrogen (secondary N) is 2. The van der Waals surface area contributed by atoms with Gasteiger partial charge in [0.05, 0.1) is 33.3 Å². The van der Waals surface area contributed by atoms with E-state index in [2.05, 4.69) is 20.3 Å². The predicted octanol–water partition coefficient (Wildman–Crippen LogP) is 3.76. The van der Waals surface area contributed by atoms with Gasteiger partial charge >= 0.3 is 0 Å². The minimum Gasteiger partial charge on any atom is -0.507 e. The highest BCUT2D eigenvalue weighted by atomic mass is 32.2. The number of para-hydroxylation sites is 1. The molecule has 0 fully saturated rings. The molecule has 2 heterocycles. The Balaban J connectivity index is 1.66. The van der Waals surface area contributed by atoms with Crippen LogP contribution in [-0.4, -0.2) is 39.6 Å². The number of aromatic nitrogens is 3. The molecule has 8 nitrogen and oxygen atoms in total. The molecular weight excluding hydrogens is 416 g/mol. The van der Waals surface area contributed by atoms with Crippen LogP contribution in [0.3, 0.4) is 0 Å². The lowest BCUT2D eigenvalue weighted by atomic mass is 10.1. The number of carbonyl (C=O) groups is 1. The molecule has 4 aromatic rings. The van der Waals surface area contributed by atoms with E-state index in [1.807, 2.05) is 0 Å². The quantitative estimate of drug-likeness (QED) is 0.437. The lowest BCUT2D eigenvalue weighted by Crippen LogP contribution is -2.13. The first kappa shape index (κ1) is 20.5. The first-order valence-corrected chi connectivity index (χ1v) is 11.1. The molecule has 2 aromatic carbocycles. The number of H-pyrrole nitrogens is 1. The van der Waals surface area contributed by atoms with Gasteiger partial charge in [-0.15, -0.1) is 0 Å². The second-order valence-electron chi connectivity index (χ2n) is 7.24. The lowest BCUT2D eigenvalue weighted by molar-refractivity contribution is 0.102. The van der Waals surface area contributed by atoms with E-state index in [0.717, 1.165) is 0 Å². The Bertz CT molecular complexity index is 1380. The van der Waals surface area contributed by atoms with E-state index in [1.165, 1.54) is 12.1 Å². The van der Waals surface area contributed by atoms with Gasteiger partial charge in [-0.25, -0.2) is 18.4 Å². The summed E-state index contributed by atoms with van der Waals surface area (Å²) < 4.78 is 24.6. The Morgan fingerprint density at radius 3 is 2.48 bits per heavy atom. The number of anilines is 1. The smallest absolute Gasteiger partial charge is 0.259 e. The van der Waals surface area contributed by atoms with Crippen LogP contribution in [0.2, 0.25) is 0 Å². The number of rotatable bonds is 5. The lowest BCUT2D eigenvalue weighted by Gasteiger charge is -2.09. The molecule has 0 radical (unpaired) electrons. The van der Waals surface area contributed by atoms with Gasteiger partial charge in [-0.05, 0) is 38.1 Å². The summed E-state index contributed by atoms with van der Waals surface area (Å²) in [5.41, 5.74) is 2.70. The highest BCUT2D eigenvalue weighted by Crippen LogP contribution is 2.26. The molecule has 0 aliphatic heterocycles. The number of benzene rings is 2. The molecule has 0 saturated heterocycles. The molecule has 0 bridgehead atoms. The zero-order chi connectivity index (χ0) is 22.2. The normalized spacial score (nSPS) is 11.7. The van der Waals surface area contributed by atoms with Crippen LogP contribution in [-0.2, 0) is 9.84 Å². The third-order valence-corrected chi connectivity index (χ3v) is 7.05. The fourth-order valence-corrected chi connectivity index (χ4v) is 4.13. The molecule has 1 amide bonds. The van der Waals surface area contributed by atoms with Gasteiger partial charge in [0.15, 0.2) is 15.5 Å². The van der Waals surface area contributed by atoms with Crippen molar-refractivity contribution < 1.29 is 18.3 Å². The molecule has 0 unspecified atom stereocenters. The maximum Gasteiger partial charge on any atom is 0.259 e. The maximum atomic E-state index is 12.5. The van der Waals surface area contributed by atoms with Crippen molar-refractivity contribution in [3.63, 3.8) is 0 Å². The Morgan fingerprint density at radius 2 is 1.81 bits per heavy atom. The number of aromatic amines is 1. The Labute approximate surface area is 178 Å². The third-order valence-electron chi connectivity index (χ3n) is 4.88. The number of sulfone groups is 1. The Morgan fingerprint density at radius 1 is 1.10 bits per heavy atom.